The van der Waals surface area contributed by atoms with Crippen molar-refractivity contribution in [1.82, 2.24) is 10.3 Å². The van der Waals surface area contributed by atoms with Gasteiger partial charge in [0.15, 0.2) is 17.1 Å². The van der Waals surface area contributed by atoms with Crippen LogP contribution in [0.4, 0.5) is 0 Å². The Morgan fingerprint density at radius 1 is 1.12 bits per heavy atom. The van der Waals surface area contributed by atoms with Crippen molar-refractivity contribution >= 4 is 23.5 Å². The molecule has 9 heteroatoms. The average molecular weight is 493 g/mol. The number of nitrogens with zero attached hydrogens (tertiary/aromatic N) is 1. The summed E-state index contributed by atoms with van der Waals surface area (Å²) in [5.74, 6) is 0.233. The fourth-order valence-electron chi connectivity index (χ4n) is 3.58. The molecule has 0 amide bonds. The van der Waals surface area contributed by atoms with Crippen LogP contribution in [0.5, 0.6) is 17.2 Å². The molecule has 186 valence electrons. The first-order valence-electron chi connectivity index (χ1n) is 11.0. The lowest BCUT2D eigenvalue weighted by Crippen LogP contribution is -2.38. The molecule has 0 aliphatic heterocycles. The van der Waals surface area contributed by atoms with Crippen molar-refractivity contribution in [2.75, 3.05) is 14.2 Å². The highest BCUT2D eigenvalue weighted by molar-refractivity contribution is 6.20. The Bertz CT molecular complexity index is 997. The second kappa shape index (κ2) is 12.6. The van der Waals surface area contributed by atoms with E-state index in [0.717, 1.165) is 16.9 Å². The smallest absolute Gasteiger partial charge is 0.324 e. The molecule has 0 spiro atoms. The van der Waals surface area contributed by atoms with E-state index in [-0.39, 0.29) is 24.1 Å². The van der Waals surface area contributed by atoms with Crippen LogP contribution < -0.4 is 19.5 Å². The Hall–Kier alpha value is -2.84. The van der Waals surface area contributed by atoms with Crippen LogP contribution in [0, 0.1) is 12.8 Å². The minimum Gasteiger partial charge on any atom is -0.497 e. The molecule has 8 nitrogen and oxygen atoms in total. The predicted octanol–water partition coefficient (Wildman–Crippen LogP) is 4.36. The summed E-state index contributed by atoms with van der Waals surface area (Å²) in [6, 6.07) is 6.65. The van der Waals surface area contributed by atoms with Crippen LogP contribution in [0.1, 0.15) is 50.4 Å². The van der Waals surface area contributed by atoms with Crippen molar-refractivity contribution in [3.8, 4) is 17.2 Å². The molecule has 0 radical (unpaired) electrons. The monoisotopic (exact) mass is 492 g/mol. The van der Waals surface area contributed by atoms with Gasteiger partial charge >= 0.3 is 11.9 Å². The fraction of sp³-hybridized carbons (Fsp3) is 0.480. The molecule has 1 heterocycles. The Morgan fingerprint density at radius 2 is 1.82 bits per heavy atom. The van der Waals surface area contributed by atoms with E-state index in [4.69, 9.17) is 30.5 Å². The maximum atomic E-state index is 12.8. The molecule has 0 unspecified atom stereocenters. The van der Waals surface area contributed by atoms with Crippen molar-refractivity contribution in [1.29, 1.82) is 0 Å². The standard InChI is InChI=1S/C25H33ClN2O6/c1-14(2)22(19-9-8-18(31-6)12-15(19)3)24(26)34-25(30)16(4)28-13-20-23(33-17(5)29)21(32-7)10-11-27-20/h8-12,14,16,22,24,28H,13H2,1-7H3/t16-,22-,24+/m0/s1. The van der Waals surface area contributed by atoms with E-state index in [1.165, 1.54) is 20.2 Å². The number of methoxy groups -OCH3 is 2. The lowest BCUT2D eigenvalue weighted by atomic mass is 9.86. The minimum atomic E-state index is -0.865. The number of benzene rings is 1. The van der Waals surface area contributed by atoms with Gasteiger partial charge < -0.3 is 18.9 Å². The molecule has 0 saturated heterocycles. The maximum absolute atomic E-state index is 12.8. The molecule has 0 aliphatic carbocycles. The topological polar surface area (TPSA) is 96.0 Å². The van der Waals surface area contributed by atoms with Gasteiger partial charge in [0.05, 0.1) is 14.2 Å². The Labute approximate surface area is 205 Å². The molecule has 1 N–H and O–H groups in total. The zero-order valence-electron chi connectivity index (χ0n) is 20.7. The van der Waals surface area contributed by atoms with Gasteiger partial charge in [-0.15, -0.1) is 0 Å². The SMILES string of the molecule is COc1ccc([C@H](C(C)C)[C@H](Cl)OC(=O)[C@H](C)NCc2nccc(OC)c2OC(C)=O)c(C)c1. The molecule has 0 saturated carbocycles. The molecular weight excluding hydrogens is 460 g/mol. The van der Waals surface area contributed by atoms with Crippen LogP contribution in [0.15, 0.2) is 30.5 Å². The van der Waals surface area contributed by atoms with E-state index in [2.05, 4.69) is 10.3 Å². The summed E-state index contributed by atoms with van der Waals surface area (Å²) in [6.07, 6.45) is 1.53. The average Bonchev–Trinajstić information content (AvgIpc) is 2.78. The van der Waals surface area contributed by atoms with Gasteiger partial charge in [0.2, 0.25) is 0 Å². The van der Waals surface area contributed by atoms with Gasteiger partial charge in [-0.05, 0) is 43.0 Å². The van der Waals surface area contributed by atoms with E-state index in [0.29, 0.717) is 11.4 Å². The van der Waals surface area contributed by atoms with Gasteiger partial charge in [0, 0.05) is 31.6 Å². The third kappa shape index (κ3) is 7.08. The zero-order chi connectivity index (χ0) is 25.4. The Balaban J connectivity index is 2.09. The number of pyridine rings is 1. The van der Waals surface area contributed by atoms with Crippen molar-refractivity contribution in [2.24, 2.45) is 5.92 Å². The van der Waals surface area contributed by atoms with E-state index >= 15 is 0 Å². The van der Waals surface area contributed by atoms with Crippen molar-refractivity contribution in [3.63, 3.8) is 0 Å². The van der Waals surface area contributed by atoms with Crippen molar-refractivity contribution < 1.29 is 28.5 Å². The highest BCUT2D eigenvalue weighted by Crippen LogP contribution is 2.35. The second-order valence-corrected chi connectivity index (χ2v) is 8.70. The number of rotatable bonds is 11. The molecule has 0 fully saturated rings. The van der Waals surface area contributed by atoms with Gasteiger partial charge in [0.1, 0.15) is 17.5 Å². The van der Waals surface area contributed by atoms with Crippen LogP contribution in [0.3, 0.4) is 0 Å². The lowest BCUT2D eigenvalue weighted by Gasteiger charge is -2.28. The summed E-state index contributed by atoms with van der Waals surface area (Å²) < 4.78 is 21.4. The third-order valence-corrected chi connectivity index (χ3v) is 5.76. The van der Waals surface area contributed by atoms with Gasteiger partial charge in [-0.3, -0.25) is 19.9 Å². The molecule has 1 aromatic carbocycles. The van der Waals surface area contributed by atoms with E-state index in [9.17, 15) is 9.59 Å². The molecule has 0 bridgehead atoms. The number of ether oxygens (including phenoxy) is 4. The molecular formula is C25H33ClN2O6. The fourth-order valence-corrected chi connectivity index (χ4v) is 4.10. The van der Waals surface area contributed by atoms with Crippen LogP contribution in [0.25, 0.3) is 0 Å². The maximum Gasteiger partial charge on any atom is 0.324 e. The normalized spacial score (nSPS) is 13.7. The Morgan fingerprint density at radius 3 is 2.38 bits per heavy atom. The van der Waals surface area contributed by atoms with E-state index in [1.54, 1.807) is 20.1 Å². The largest absolute Gasteiger partial charge is 0.497 e. The first-order valence-corrected chi connectivity index (χ1v) is 11.4. The van der Waals surface area contributed by atoms with Crippen LogP contribution in [-0.2, 0) is 20.9 Å². The predicted molar refractivity (Wildman–Crippen MR) is 129 cm³/mol. The summed E-state index contributed by atoms with van der Waals surface area (Å²) in [6.45, 7) is 9.15. The van der Waals surface area contributed by atoms with Crippen LogP contribution in [-0.4, -0.2) is 42.7 Å². The number of carbonyl (C=O) groups excluding carboxylic acids is 2. The highest BCUT2D eigenvalue weighted by atomic mass is 35.5. The van der Waals surface area contributed by atoms with Crippen LogP contribution >= 0.6 is 11.6 Å². The number of nitrogens with one attached hydrogen (secondary N) is 1. The minimum absolute atomic E-state index is 0.123. The number of halogens is 1. The van der Waals surface area contributed by atoms with Gasteiger partial charge in [-0.2, -0.15) is 0 Å². The summed E-state index contributed by atoms with van der Waals surface area (Å²) in [4.78, 5) is 28.5. The number of aromatic nitrogens is 1. The number of hydrogen-bond acceptors (Lipinski definition) is 8. The molecule has 1 aromatic heterocycles. The van der Waals surface area contributed by atoms with Crippen molar-refractivity contribution in [2.45, 2.75) is 58.7 Å². The summed E-state index contributed by atoms with van der Waals surface area (Å²) in [7, 11) is 3.08. The summed E-state index contributed by atoms with van der Waals surface area (Å²) >= 11 is 6.61. The zero-order valence-corrected chi connectivity index (χ0v) is 21.4. The third-order valence-electron chi connectivity index (χ3n) is 5.40. The van der Waals surface area contributed by atoms with Crippen LogP contribution in [0.2, 0.25) is 0 Å². The van der Waals surface area contributed by atoms with E-state index in [1.807, 2.05) is 39.0 Å². The molecule has 34 heavy (non-hydrogen) atoms. The number of esters is 2. The summed E-state index contributed by atoms with van der Waals surface area (Å²) in [5, 5.41) is 3.04. The molecule has 2 rings (SSSR count). The van der Waals surface area contributed by atoms with Gasteiger partial charge in [0.25, 0.3) is 0 Å². The number of carbonyl (C=O) groups is 2. The van der Waals surface area contributed by atoms with E-state index < -0.39 is 23.5 Å². The first kappa shape index (κ1) is 27.4. The quantitative estimate of drug-likeness (QED) is 0.365. The lowest BCUT2D eigenvalue weighted by molar-refractivity contribution is -0.148. The van der Waals surface area contributed by atoms with Gasteiger partial charge in [-0.1, -0.05) is 31.5 Å². The molecule has 3 atom stereocenters. The van der Waals surface area contributed by atoms with Gasteiger partial charge in [-0.25, -0.2) is 0 Å². The number of aryl methyl sites for hydroxylation is 1. The van der Waals surface area contributed by atoms with Crippen molar-refractivity contribution in [3.05, 3.63) is 47.3 Å². The Kier molecular flexibility index (Phi) is 10.1. The number of alkyl halides is 1. The summed E-state index contributed by atoms with van der Waals surface area (Å²) in [5.41, 5.74) is 1.56. The second-order valence-electron chi connectivity index (χ2n) is 8.27. The highest BCUT2D eigenvalue weighted by Gasteiger charge is 2.30. The number of hydrogen-bond donors (Lipinski definition) is 1. The molecule has 2 aromatic rings. The molecule has 0 aliphatic rings. The first-order chi connectivity index (χ1) is 16.1.